The van der Waals surface area contributed by atoms with E-state index in [1.165, 1.54) is 24.3 Å². The Hall–Kier alpha value is -3.76. The Morgan fingerprint density at radius 3 is 2.22 bits per heavy atom. The summed E-state index contributed by atoms with van der Waals surface area (Å²) in [4.78, 5) is 22.1. The maximum absolute atomic E-state index is 12.5. The molecule has 1 amide bonds. The largest absolute Gasteiger partial charge is 0.416 e. The molecule has 0 atom stereocenters. The lowest BCUT2D eigenvalue weighted by Crippen LogP contribution is -2.13. The van der Waals surface area contributed by atoms with E-state index in [0.717, 1.165) is 24.3 Å². The summed E-state index contributed by atoms with van der Waals surface area (Å²) in [6, 6.07) is 8.63. The van der Waals surface area contributed by atoms with Crippen molar-refractivity contribution >= 4 is 17.6 Å². The van der Waals surface area contributed by atoms with Gasteiger partial charge in [-0.25, -0.2) is 0 Å². The van der Waals surface area contributed by atoms with Crippen LogP contribution in [0.1, 0.15) is 15.9 Å². The molecule has 1 aromatic heterocycles. The number of hydrogen-bond acceptors (Lipinski definition) is 6. The summed E-state index contributed by atoms with van der Waals surface area (Å²) in [5.41, 5.74) is -0.632. The number of non-ortho nitro benzene ring substituents is 1. The van der Waals surface area contributed by atoms with Crippen LogP contribution in [0, 0.1) is 10.1 Å². The van der Waals surface area contributed by atoms with Gasteiger partial charge in [0.15, 0.2) is 0 Å². The number of halogens is 3. The molecule has 0 spiro atoms. The van der Waals surface area contributed by atoms with Crippen LogP contribution in [0.3, 0.4) is 0 Å². The van der Waals surface area contributed by atoms with Crippen LogP contribution in [-0.4, -0.2) is 21.0 Å². The number of alkyl halides is 3. The first-order valence-corrected chi connectivity index (χ1v) is 7.31. The molecule has 0 aliphatic rings. The quantitative estimate of drug-likeness (QED) is 0.544. The van der Waals surface area contributed by atoms with Crippen molar-refractivity contribution in [3.8, 4) is 11.5 Å². The molecule has 0 bridgehead atoms. The van der Waals surface area contributed by atoms with Crippen molar-refractivity contribution in [2.45, 2.75) is 6.18 Å². The summed E-state index contributed by atoms with van der Waals surface area (Å²) in [7, 11) is 0. The maximum atomic E-state index is 12.5. The molecule has 1 N–H and O–H groups in total. The molecule has 0 radical (unpaired) electrons. The van der Waals surface area contributed by atoms with E-state index in [1.54, 1.807) is 0 Å². The summed E-state index contributed by atoms with van der Waals surface area (Å²) in [5, 5.41) is 20.2. The van der Waals surface area contributed by atoms with Crippen LogP contribution in [0.15, 0.2) is 52.9 Å². The molecular formula is C16H9F3N4O4. The Kier molecular flexibility index (Phi) is 4.59. The number of hydrogen-bond donors (Lipinski definition) is 1. The third kappa shape index (κ3) is 4.08. The smallest absolute Gasteiger partial charge is 0.403 e. The molecule has 3 rings (SSSR count). The third-order valence-electron chi connectivity index (χ3n) is 3.44. The van der Waals surface area contributed by atoms with E-state index in [0.29, 0.717) is 5.56 Å². The maximum Gasteiger partial charge on any atom is 0.416 e. The highest BCUT2D eigenvalue weighted by Crippen LogP contribution is 2.29. The lowest BCUT2D eigenvalue weighted by molar-refractivity contribution is -0.384. The van der Waals surface area contributed by atoms with Gasteiger partial charge in [-0.15, -0.1) is 5.10 Å². The molecule has 0 aliphatic heterocycles. The molecule has 0 unspecified atom stereocenters. The second-order valence-corrected chi connectivity index (χ2v) is 5.25. The molecule has 1 heterocycles. The van der Waals surface area contributed by atoms with Crippen LogP contribution in [0.2, 0.25) is 0 Å². The van der Waals surface area contributed by atoms with E-state index >= 15 is 0 Å². The van der Waals surface area contributed by atoms with Gasteiger partial charge in [-0.3, -0.25) is 20.2 Å². The van der Waals surface area contributed by atoms with Crippen LogP contribution in [0.25, 0.3) is 11.5 Å². The van der Waals surface area contributed by atoms with Gasteiger partial charge >= 0.3 is 12.2 Å². The number of nitro benzene ring substituents is 1. The van der Waals surface area contributed by atoms with Crippen molar-refractivity contribution < 1.29 is 27.3 Å². The summed E-state index contributed by atoms with van der Waals surface area (Å²) < 4.78 is 42.8. The Balaban J connectivity index is 1.71. The number of nitrogens with one attached hydrogen (secondary N) is 1. The number of nitro groups is 1. The first kappa shape index (κ1) is 18.0. The van der Waals surface area contributed by atoms with Gasteiger partial charge in [0.2, 0.25) is 5.89 Å². The number of nitrogens with zero attached hydrogens (tertiary/aromatic N) is 3. The van der Waals surface area contributed by atoms with Crippen molar-refractivity contribution in [3.05, 3.63) is 69.8 Å². The van der Waals surface area contributed by atoms with Crippen LogP contribution < -0.4 is 5.32 Å². The van der Waals surface area contributed by atoms with Crippen molar-refractivity contribution in [1.82, 2.24) is 10.2 Å². The van der Waals surface area contributed by atoms with E-state index in [1.807, 2.05) is 0 Å². The topological polar surface area (TPSA) is 111 Å². The highest BCUT2D eigenvalue weighted by Gasteiger charge is 2.30. The van der Waals surface area contributed by atoms with Crippen molar-refractivity contribution in [1.29, 1.82) is 0 Å². The first-order chi connectivity index (χ1) is 12.7. The highest BCUT2D eigenvalue weighted by molar-refractivity contribution is 6.03. The second-order valence-electron chi connectivity index (χ2n) is 5.25. The van der Waals surface area contributed by atoms with Crippen molar-refractivity contribution in [3.63, 3.8) is 0 Å². The second kappa shape index (κ2) is 6.86. The highest BCUT2D eigenvalue weighted by atomic mass is 19.4. The molecule has 2 aromatic carbocycles. The van der Waals surface area contributed by atoms with Gasteiger partial charge in [-0.1, -0.05) is 5.10 Å². The van der Waals surface area contributed by atoms with E-state index in [2.05, 4.69) is 15.5 Å². The minimum atomic E-state index is -4.50. The lowest BCUT2D eigenvalue weighted by Gasteiger charge is -2.07. The van der Waals surface area contributed by atoms with Gasteiger partial charge in [0.05, 0.1) is 10.5 Å². The fourth-order valence-electron chi connectivity index (χ4n) is 2.10. The van der Waals surface area contributed by atoms with Gasteiger partial charge in [-0.2, -0.15) is 13.2 Å². The van der Waals surface area contributed by atoms with Crippen LogP contribution in [0.5, 0.6) is 0 Å². The number of carbonyl (C=O) groups excluding carboxylic acids is 1. The number of rotatable bonds is 4. The van der Waals surface area contributed by atoms with Crippen LogP contribution in [0.4, 0.5) is 24.9 Å². The van der Waals surface area contributed by atoms with Crippen LogP contribution in [-0.2, 0) is 6.18 Å². The number of carbonyl (C=O) groups is 1. The predicted octanol–water partition coefficient (Wildman–Crippen LogP) is 3.92. The number of anilines is 1. The fourth-order valence-corrected chi connectivity index (χ4v) is 2.10. The number of amides is 1. The average Bonchev–Trinajstić information content (AvgIpc) is 3.09. The summed E-state index contributed by atoms with van der Waals surface area (Å²) in [6.07, 6.45) is -4.50. The van der Waals surface area contributed by atoms with Crippen molar-refractivity contribution in [2.75, 3.05) is 5.32 Å². The Morgan fingerprint density at radius 1 is 1.04 bits per heavy atom. The predicted molar refractivity (Wildman–Crippen MR) is 85.8 cm³/mol. The molecule has 138 valence electrons. The first-order valence-electron chi connectivity index (χ1n) is 7.31. The number of benzene rings is 2. The summed E-state index contributed by atoms with van der Waals surface area (Å²) >= 11 is 0. The summed E-state index contributed by atoms with van der Waals surface area (Å²) in [5.74, 6) is -0.727. The van der Waals surface area contributed by atoms with Crippen LogP contribution >= 0.6 is 0 Å². The molecule has 0 saturated heterocycles. The minimum absolute atomic E-state index is 0.00705. The zero-order chi connectivity index (χ0) is 19.6. The fraction of sp³-hybridized carbons (Fsp3) is 0.0625. The SMILES string of the molecule is O=C(Nc1nnc(-c2ccc([N+](=O)[O-])cc2)o1)c1ccc(C(F)(F)F)cc1. The van der Waals surface area contributed by atoms with E-state index in [-0.39, 0.29) is 23.2 Å². The van der Waals surface area contributed by atoms with E-state index < -0.39 is 22.6 Å². The molecule has 8 nitrogen and oxygen atoms in total. The van der Waals surface area contributed by atoms with Gasteiger partial charge < -0.3 is 4.42 Å². The third-order valence-corrected chi connectivity index (χ3v) is 3.44. The standard InChI is InChI=1S/C16H9F3N4O4/c17-16(18,19)11-5-1-9(2-6-11)13(24)20-15-22-21-14(27-15)10-3-7-12(8-4-10)23(25)26/h1-8H,(H,20,22,24). The normalized spacial score (nSPS) is 11.2. The lowest BCUT2D eigenvalue weighted by atomic mass is 10.1. The Labute approximate surface area is 148 Å². The van der Waals surface area contributed by atoms with E-state index in [9.17, 15) is 28.1 Å². The molecule has 0 fully saturated rings. The monoisotopic (exact) mass is 378 g/mol. The molecule has 3 aromatic rings. The molecule has 0 saturated carbocycles. The van der Waals surface area contributed by atoms with Gasteiger partial charge in [0, 0.05) is 23.3 Å². The van der Waals surface area contributed by atoms with Gasteiger partial charge in [0.25, 0.3) is 11.6 Å². The zero-order valence-corrected chi connectivity index (χ0v) is 13.2. The Morgan fingerprint density at radius 2 is 1.67 bits per heavy atom. The van der Waals surface area contributed by atoms with Gasteiger partial charge in [0.1, 0.15) is 0 Å². The van der Waals surface area contributed by atoms with E-state index in [4.69, 9.17) is 4.42 Å². The van der Waals surface area contributed by atoms with Gasteiger partial charge in [-0.05, 0) is 36.4 Å². The average molecular weight is 378 g/mol. The molecule has 0 aliphatic carbocycles. The zero-order valence-electron chi connectivity index (χ0n) is 13.2. The van der Waals surface area contributed by atoms with Crippen molar-refractivity contribution in [2.24, 2.45) is 0 Å². The summed E-state index contributed by atoms with van der Waals surface area (Å²) in [6.45, 7) is 0. The molecular weight excluding hydrogens is 369 g/mol. The Bertz CT molecular complexity index is 982. The molecule has 11 heteroatoms. The number of aromatic nitrogens is 2. The minimum Gasteiger partial charge on any atom is -0.403 e. The molecule has 27 heavy (non-hydrogen) atoms.